The van der Waals surface area contributed by atoms with Crippen molar-refractivity contribution in [3.63, 3.8) is 0 Å². The zero-order valence-electron chi connectivity index (χ0n) is 11.5. The minimum atomic E-state index is -0.818. The lowest BCUT2D eigenvalue weighted by Gasteiger charge is -2.21. The van der Waals surface area contributed by atoms with Crippen LogP contribution in [-0.4, -0.2) is 17.4 Å². The minimum absolute atomic E-state index is 0.00217. The summed E-state index contributed by atoms with van der Waals surface area (Å²) in [5.41, 5.74) is 0.601. The predicted molar refractivity (Wildman–Crippen MR) is 81.4 cm³/mol. The van der Waals surface area contributed by atoms with Gasteiger partial charge in [0.05, 0.1) is 6.54 Å². The number of benzene rings is 2. The van der Waals surface area contributed by atoms with Gasteiger partial charge in [-0.05, 0) is 23.8 Å². The van der Waals surface area contributed by atoms with Crippen molar-refractivity contribution in [3.8, 4) is 12.3 Å². The lowest BCUT2D eigenvalue weighted by molar-refractivity contribution is 0.0765. The van der Waals surface area contributed by atoms with Gasteiger partial charge in [0.1, 0.15) is 11.6 Å². The zero-order chi connectivity index (χ0) is 16.1. The smallest absolute Gasteiger partial charge is 0.255 e. The number of carbonyl (C=O) groups excluding carboxylic acids is 1. The Hall–Kier alpha value is -2.38. The molecule has 0 saturated carbocycles. The Morgan fingerprint density at radius 1 is 1.18 bits per heavy atom. The van der Waals surface area contributed by atoms with Crippen LogP contribution < -0.4 is 0 Å². The van der Waals surface area contributed by atoms with Crippen LogP contribution >= 0.6 is 11.6 Å². The molecular weight excluding hydrogens is 308 g/mol. The van der Waals surface area contributed by atoms with Crippen LogP contribution in [0.5, 0.6) is 0 Å². The molecule has 0 aliphatic heterocycles. The number of halogens is 3. The number of terminal acetylenes is 1. The van der Waals surface area contributed by atoms with Crippen LogP contribution in [0.2, 0.25) is 5.02 Å². The fraction of sp³-hybridized carbons (Fsp3) is 0.118. The Balaban J connectivity index is 2.29. The van der Waals surface area contributed by atoms with Crippen molar-refractivity contribution in [2.75, 3.05) is 6.54 Å². The van der Waals surface area contributed by atoms with E-state index >= 15 is 0 Å². The average Bonchev–Trinajstić information content (AvgIpc) is 2.47. The van der Waals surface area contributed by atoms with Crippen molar-refractivity contribution in [2.24, 2.45) is 0 Å². The predicted octanol–water partition coefficient (Wildman–Crippen LogP) is 3.89. The largest absolute Gasteiger partial charge is 0.323 e. The molecule has 0 saturated heterocycles. The Bertz CT molecular complexity index is 719. The van der Waals surface area contributed by atoms with E-state index in [0.29, 0.717) is 16.7 Å². The maximum atomic E-state index is 13.3. The van der Waals surface area contributed by atoms with Gasteiger partial charge in [0, 0.05) is 23.2 Å². The third-order valence-corrected chi connectivity index (χ3v) is 3.37. The minimum Gasteiger partial charge on any atom is -0.323 e. The molecule has 0 fully saturated rings. The van der Waals surface area contributed by atoms with Crippen LogP contribution in [0.4, 0.5) is 8.78 Å². The normalized spacial score (nSPS) is 10.1. The Kier molecular flexibility index (Phi) is 5.13. The molecule has 0 spiro atoms. The second-order valence-corrected chi connectivity index (χ2v) is 5.02. The van der Waals surface area contributed by atoms with Crippen LogP contribution in [0, 0.1) is 24.0 Å². The van der Waals surface area contributed by atoms with Gasteiger partial charge < -0.3 is 4.90 Å². The molecule has 0 bridgehead atoms. The summed E-state index contributed by atoms with van der Waals surface area (Å²) in [5.74, 6) is 0.167. The second-order valence-electron chi connectivity index (χ2n) is 4.61. The second kappa shape index (κ2) is 7.06. The van der Waals surface area contributed by atoms with Crippen molar-refractivity contribution in [1.82, 2.24) is 4.90 Å². The molecule has 2 aromatic carbocycles. The van der Waals surface area contributed by atoms with Gasteiger partial charge in [-0.15, -0.1) is 6.42 Å². The van der Waals surface area contributed by atoms with Crippen LogP contribution in [0.1, 0.15) is 15.9 Å². The number of hydrogen-bond donors (Lipinski definition) is 0. The molecule has 1 amide bonds. The van der Waals surface area contributed by atoms with Crippen LogP contribution in [0.3, 0.4) is 0 Å². The molecule has 22 heavy (non-hydrogen) atoms. The number of amides is 1. The molecule has 2 aromatic rings. The molecule has 0 heterocycles. The summed E-state index contributed by atoms with van der Waals surface area (Å²) in [5, 5.41) is 0.489. The number of carbonyl (C=O) groups is 1. The van der Waals surface area contributed by atoms with Crippen molar-refractivity contribution in [3.05, 3.63) is 70.2 Å². The summed E-state index contributed by atoms with van der Waals surface area (Å²) in [6, 6.07) is 9.64. The van der Waals surface area contributed by atoms with E-state index < -0.39 is 17.5 Å². The van der Waals surface area contributed by atoms with Gasteiger partial charge in [-0.25, -0.2) is 8.78 Å². The molecule has 0 atom stereocenters. The summed E-state index contributed by atoms with van der Waals surface area (Å²) in [6.07, 6.45) is 5.27. The van der Waals surface area contributed by atoms with E-state index in [2.05, 4.69) is 5.92 Å². The Morgan fingerprint density at radius 2 is 1.82 bits per heavy atom. The summed E-state index contributed by atoms with van der Waals surface area (Å²) in [6.45, 7) is 0.156. The van der Waals surface area contributed by atoms with Crippen molar-refractivity contribution in [1.29, 1.82) is 0 Å². The van der Waals surface area contributed by atoms with E-state index in [1.54, 1.807) is 24.3 Å². The lowest BCUT2D eigenvalue weighted by Crippen LogP contribution is -2.31. The van der Waals surface area contributed by atoms with Crippen LogP contribution in [0.15, 0.2) is 42.5 Å². The molecule has 2 rings (SSSR count). The first-order valence-electron chi connectivity index (χ1n) is 6.43. The highest BCUT2D eigenvalue weighted by Gasteiger charge is 2.18. The summed E-state index contributed by atoms with van der Waals surface area (Å²) >= 11 is 6.06. The zero-order valence-corrected chi connectivity index (χ0v) is 12.3. The van der Waals surface area contributed by atoms with Gasteiger partial charge in [0.2, 0.25) is 0 Å². The number of rotatable bonds is 4. The van der Waals surface area contributed by atoms with E-state index in [-0.39, 0.29) is 18.7 Å². The van der Waals surface area contributed by atoms with Gasteiger partial charge in [-0.2, -0.15) is 0 Å². The molecule has 0 aromatic heterocycles. The van der Waals surface area contributed by atoms with Gasteiger partial charge in [-0.3, -0.25) is 4.79 Å². The molecular formula is C17H12ClF2NO. The Morgan fingerprint density at radius 3 is 2.41 bits per heavy atom. The maximum absolute atomic E-state index is 13.3. The summed E-state index contributed by atoms with van der Waals surface area (Å²) in [7, 11) is 0. The molecule has 2 nitrogen and oxygen atoms in total. The van der Waals surface area contributed by atoms with E-state index in [9.17, 15) is 13.6 Å². The number of hydrogen-bond acceptors (Lipinski definition) is 1. The topological polar surface area (TPSA) is 20.3 Å². The fourth-order valence-electron chi connectivity index (χ4n) is 2.00. The lowest BCUT2D eigenvalue weighted by atomic mass is 10.1. The maximum Gasteiger partial charge on any atom is 0.255 e. The monoisotopic (exact) mass is 319 g/mol. The van der Waals surface area contributed by atoms with Crippen molar-refractivity contribution < 1.29 is 13.6 Å². The Labute approximate surface area is 132 Å². The first kappa shape index (κ1) is 16.0. The van der Waals surface area contributed by atoms with E-state index in [1.165, 1.54) is 4.90 Å². The van der Waals surface area contributed by atoms with Crippen molar-refractivity contribution >= 4 is 17.5 Å². The SMILES string of the molecule is C#CCN(Cc1ccccc1Cl)C(=O)c1cc(F)cc(F)c1. The van der Waals surface area contributed by atoms with Crippen LogP contribution in [-0.2, 0) is 6.54 Å². The molecule has 0 unspecified atom stereocenters. The van der Waals surface area contributed by atoms with E-state index in [1.807, 2.05) is 0 Å². The van der Waals surface area contributed by atoms with Gasteiger partial charge in [-0.1, -0.05) is 35.7 Å². The van der Waals surface area contributed by atoms with Crippen LogP contribution in [0.25, 0.3) is 0 Å². The molecule has 0 aliphatic rings. The third kappa shape index (κ3) is 3.84. The first-order chi connectivity index (χ1) is 10.5. The highest BCUT2D eigenvalue weighted by molar-refractivity contribution is 6.31. The van der Waals surface area contributed by atoms with Crippen molar-refractivity contribution in [2.45, 2.75) is 6.54 Å². The van der Waals surface area contributed by atoms with Gasteiger partial charge in [0.15, 0.2) is 0 Å². The molecule has 112 valence electrons. The molecule has 0 aliphatic carbocycles. The first-order valence-corrected chi connectivity index (χ1v) is 6.81. The molecule has 0 N–H and O–H groups in total. The summed E-state index contributed by atoms with van der Waals surface area (Å²) < 4.78 is 26.5. The average molecular weight is 320 g/mol. The van der Waals surface area contributed by atoms with Gasteiger partial charge >= 0.3 is 0 Å². The fourth-order valence-corrected chi connectivity index (χ4v) is 2.20. The van der Waals surface area contributed by atoms with E-state index in [4.69, 9.17) is 18.0 Å². The standard InChI is InChI=1S/C17H12ClF2NO/c1-2-7-21(11-12-5-3-4-6-16(12)18)17(22)13-8-14(19)10-15(20)9-13/h1,3-6,8-10H,7,11H2. The summed E-state index contributed by atoms with van der Waals surface area (Å²) in [4.78, 5) is 13.7. The quantitative estimate of drug-likeness (QED) is 0.783. The highest BCUT2D eigenvalue weighted by Crippen LogP contribution is 2.19. The van der Waals surface area contributed by atoms with Gasteiger partial charge in [0.25, 0.3) is 5.91 Å². The molecule has 5 heteroatoms. The molecule has 0 radical (unpaired) electrons. The highest BCUT2D eigenvalue weighted by atomic mass is 35.5. The van der Waals surface area contributed by atoms with E-state index in [0.717, 1.165) is 12.1 Å². The number of nitrogens with zero attached hydrogens (tertiary/aromatic N) is 1. The third-order valence-electron chi connectivity index (χ3n) is 3.00.